The number of hydrogen-bond acceptors (Lipinski definition) is 4. The maximum absolute atomic E-state index is 11.4. The van der Waals surface area contributed by atoms with Crippen LogP contribution in [0.15, 0.2) is 58.4 Å². The van der Waals surface area contributed by atoms with Crippen molar-refractivity contribution in [3.05, 3.63) is 65.2 Å². The molecule has 3 N–H and O–H groups in total. The molecule has 0 aliphatic carbocycles. The van der Waals surface area contributed by atoms with Gasteiger partial charge >= 0.3 is 0 Å². The number of nitrogens with one attached hydrogen (secondary N) is 1. The van der Waals surface area contributed by atoms with Gasteiger partial charge in [0.1, 0.15) is 6.10 Å². The molecule has 1 saturated heterocycles. The minimum atomic E-state index is -3.67. The van der Waals surface area contributed by atoms with Crippen LogP contribution in [0.3, 0.4) is 0 Å². The predicted molar refractivity (Wildman–Crippen MR) is 109 cm³/mol. The van der Waals surface area contributed by atoms with Crippen molar-refractivity contribution in [1.82, 2.24) is 10.2 Å². The fraction of sp³-hybridized carbons (Fsp3) is 0.350. The summed E-state index contributed by atoms with van der Waals surface area (Å²) >= 11 is 0. The summed E-state index contributed by atoms with van der Waals surface area (Å²) < 4.78 is 28.7. The molecule has 150 valence electrons. The minimum Gasteiger partial charge on any atom is -0.370 e. The van der Waals surface area contributed by atoms with Crippen LogP contribution in [0.2, 0.25) is 0 Å². The monoisotopic (exact) mass is 402 g/mol. The number of rotatable bonds is 4. The number of sulfonamides is 1. The highest BCUT2D eigenvalue weighted by atomic mass is 32.2. The van der Waals surface area contributed by atoms with Crippen LogP contribution in [0.4, 0.5) is 0 Å². The minimum absolute atomic E-state index is 0.00236. The molecule has 0 radical (unpaired) electrons. The van der Waals surface area contributed by atoms with Gasteiger partial charge in [0, 0.05) is 20.1 Å². The molecule has 1 unspecified atom stereocenters. The number of ether oxygens (including phenoxy) is 1. The highest BCUT2D eigenvalue weighted by Crippen LogP contribution is 2.25. The number of hydrogen-bond donors (Lipinski definition) is 2. The molecule has 28 heavy (non-hydrogen) atoms. The van der Waals surface area contributed by atoms with E-state index < -0.39 is 10.0 Å². The number of guanidine groups is 1. The second kappa shape index (κ2) is 8.72. The number of morpholine rings is 1. The molecule has 8 heteroatoms. The van der Waals surface area contributed by atoms with Crippen molar-refractivity contribution in [2.24, 2.45) is 10.1 Å². The fourth-order valence-electron chi connectivity index (χ4n) is 3.29. The van der Waals surface area contributed by atoms with E-state index >= 15 is 0 Å². The third-order valence-electron chi connectivity index (χ3n) is 4.82. The standard InChI is InChI=1S/C20H26N4O3S/c1-15-5-3-4-6-18(15)19-14-24(11-12-27-19)20(22-2)23-13-16-7-9-17(10-8-16)28(21,25)26/h3-10,19H,11-14H2,1-2H3,(H,22,23)(H2,21,25,26). The molecule has 1 fully saturated rings. The Bertz CT molecular complexity index is 942. The van der Waals surface area contributed by atoms with Gasteiger partial charge in [0.05, 0.1) is 18.0 Å². The Morgan fingerprint density at radius 1 is 1.25 bits per heavy atom. The van der Waals surface area contributed by atoms with Crippen molar-refractivity contribution in [2.45, 2.75) is 24.5 Å². The zero-order chi connectivity index (χ0) is 20.1. The summed E-state index contributed by atoms with van der Waals surface area (Å²) in [6.45, 7) is 4.73. The van der Waals surface area contributed by atoms with Crippen LogP contribution in [0.1, 0.15) is 22.8 Å². The number of aliphatic imine (C=N–C) groups is 1. The van der Waals surface area contributed by atoms with Gasteiger partial charge in [-0.3, -0.25) is 4.99 Å². The van der Waals surface area contributed by atoms with Crippen LogP contribution in [0.5, 0.6) is 0 Å². The summed E-state index contributed by atoms with van der Waals surface area (Å²) in [6.07, 6.45) is 0.00236. The molecule has 0 aromatic heterocycles. The van der Waals surface area contributed by atoms with Gasteiger partial charge in [-0.15, -0.1) is 0 Å². The van der Waals surface area contributed by atoms with Gasteiger partial charge in [0.2, 0.25) is 10.0 Å². The van der Waals surface area contributed by atoms with Gasteiger partial charge in [-0.1, -0.05) is 36.4 Å². The lowest BCUT2D eigenvalue weighted by Crippen LogP contribution is -2.48. The molecule has 7 nitrogen and oxygen atoms in total. The summed E-state index contributed by atoms with van der Waals surface area (Å²) in [7, 11) is -1.92. The quantitative estimate of drug-likeness (QED) is 0.600. The topological polar surface area (TPSA) is 97.0 Å². The summed E-state index contributed by atoms with van der Waals surface area (Å²) in [5.74, 6) is 0.789. The first-order valence-corrected chi connectivity index (χ1v) is 10.7. The summed E-state index contributed by atoms with van der Waals surface area (Å²) in [4.78, 5) is 6.68. The third-order valence-corrected chi connectivity index (χ3v) is 5.74. The van der Waals surface area contributed by atoms with Crippen molar-refractivity contribution < 1.29 is 13.2 Å². The maximum Gasteiger partial charge on any atom is 0.238 e. The summed E-state index contributed by atoms with van der Waals surface area (Å²) in [5.41, 5.74) is 3.35. The van der Waals surface area contributed by atoms with E-state index in [0.29, 0.717) is 13.2 Å². The van der Waals surface area contributed by atoms with Crippen LogP contribution in [-0.2, 0) is 21.3 Å². The molecule has 0 saturated carbocycles. The normalized spacial score (nSPS) is 18.2. The smallest absolute Gasteiger partial charge is 0.238 e. The van der Waals surface area contributed by atoms with Crippen molar-refractivity contribution >= 4 is 16.0 Å². The van der Waals surface area contributed by atoms with Crippen LogP contribution in [0, 0.1) is 6.92 Å². The van der Waals surface area contributed by atoms with E-state index in [2.05, 4.69) is 34.3 Å². The number of nitrogens with two attached hydrogens (primary N) is 1. The molecule has 1 heterocycles. The Morgan fingerprint density at radius 2 is 1.96 bits per heavy atom. The molecule has 1 atom stereocenters. The van der Waals surface area contributed by atoms with E-state index in [9.17, 15) is 8.42 Å². The van der Waals surface area contributed by atoms with Crippen LogP contribution in [0.25, 0.3) is 0 Å². The van der Waals surface area contributed by atoms with E-state index in [4.69, 9.17) is 9.88 Å². The first-order valence-electron chi connectivity index (χ1n) is 9.13. The lowest BCUT2D eigenvalue weighted by atomic mass is 10.0. The average Bonchev–Trinajstić information content (AvgIpc) is 2.69. The zero-order valence-corrected chi connectivity index (χ0v) is 16.9. The SMILES string of the molecule is CN=C(NCc1ccc(S(N)(=O)=O)cc1)N1CCOC(c2ccccc2C)C1. The van der Waals surface area contributed by atoms with E-state index in [1.54, 1.807) is 19.2 Å². The molecule has 0 bridgehead atoms. The molecule has 2 aromatic rings. The Balaban J connectivity index is 1.64. The fourth-order valence-corrected chi connectivity index (χ4v) is 3.80. The maximum atomic E-state index is 11.4. The number of benzene rings is 2. The van der Waals surface area contributed by atoms with Gasteiger partial charge in [-0.05, 0) is 35.7 Å². The second-order valence-corrected chi connectivity index (χ2v) is 8.31. The molecule has 0 spiro atoms. The Hall–Kier alpha value is -2.42. The highest BCUT2D eigenvalue weighted by molar-refractivity contribution is 7.89. The van der Waals surface area contributed by atoms with Crippen LogP contribution < -0.4 is 10.5 Å². The lowest BCUT2D eigenvalue weighted by Gasteiger charge is -2.35. The molecule has 0 amide bonds. The van der Waals surface area contributed by atoms with Gasteiger partial charge in [0.15, 0.2) is 5.96 Å². The number of aryl methyl sites for hydroxylation is 1. The van der Waals surface area contributed by atoms with Gasteiger partial charge in [-0.25, -0.2) is 13.6 Å². The molecular formula is C20H26N4O3S. The van der Waals surface area contributed by atoms with E-state index in [-0.39, 0.29) is 11.0 Å². The van der Waals surface area contributed by atoms with Gasteiger partial charge in [0.25, 0.3) is 0 Å². The zero-order valence-electron chi connectivity index (χ0n) is 16.1. The van der Waals surface area contributed by atoms with Crippen LogP contribution >= 0.6 is 0 Å². The van der Waals surface area contributed by atoms with E-state index in [1.165, 1.54) is 23.3 Å². The molecule has 1 aliphatic heterocycles. The summed E-state index contributed by atoms with van der Waals surface area (Å²) in [6, 6.07) is 14.8. The lowest BCUT2D eigenvalue weighted by molar-refractivity contribution is -0.00833. The van der Waals surface area contributed by atoms with Crippen molar-refractivity contribution in [3.63, 3.8) is 0 Å². The highest BCUT2D eigenvalue weighted by Gasteiger charge is 2.25. The molecular weight excluding hydrogens is 376 g/mol. The first kappa shape index (κ1) is 20.3. The van der Waals surface area contributed by atoms with E-state index in [1.807, 2.05) is 12.1 Å². The molecule has 2 aromatic carbocycles. The summed E-state index contributed by atoms with van der Waals surface area (Å²) in [5, 5.41) is 8.48. The Morgan fingerprint density at radius 3 is 2.61 bits per heavy atom. The Kier molecular flexibility index (Phi) is 6.33. The number of primary sulfonamides is 1. The third kappa shape index (κ3) is 4.89. The van der Waals surface area contributed by atoms with Crippen molar-refractivity contribution in [3.8, 4) is 0 Å². The van der Waals surface area contributed by atoms with E-state index in [0.717, 1.165) is 24.6 Å². The Labute approximate surface area is 166 Å². The van der Waals surface area contributed by atoms with Crippen molar-refractivity contribution in [2.75, 3.05) is 26.7 Å². The van der Waals surface area contributed by atoms with Gasteiger partial charge < -0.3 is 15.0 Å². The van der Waals surface area contributed by atoms with Gasteiger partial charge in [-0.2, -0.15) is 0 Å². The second-order valence-electron chi connectivity index (χ2n) is 6.75. The molecule has 3 rings (SSSR count). The number of nitrogens with zero attached hydrogens (tertiary/aromatic N) is 2. The molecule has 1 aliphatic rings. The largest absolute Gasteiger partial charge is 0.370 e. The predicted octanol–water partition coefficient (Wildman–Crippen LogP) is 1.79. The average molecular weight is 403 g/mol. The van der Waals surface area contributed by atoms with Crippen LogP contribution in [-0.4, -0.2) is 46.0 Å². The van der Waals surface area contributed by atoms with Crippen molar-refractivity contribution in [1.29, 1.82) is 0 Å². The first-order chi connectivity index (χ1) is 13.4.